The lowest BCUT2D eigenvalue weighted by molar-refractivity contribution is -0.137. The Kier molecular flexibility index (Phi) is 4.91. The Morgan fingerprint density at radius 2 is 1.93 bits per heavy atom. The second-order valence-electron chi connectivity index (χ2n) is 6.00. The standard InChI is InChI=1S/C17H17N5O4S/c1-21-11-8-22(7-6-12(23)24)16(26)13(11)27-17(21)20-15(25)10-4-2-9(3-5-10)14(18)19/h2-5H,6-8H2,1H3,(H3,18,19)(H,23,24). The topological polar surface area (TPSA) is 142 Å². The molecule has 0 aliphatic carbocycles. The first-order chi connectivity index (χ1) is 12.8. The predicted molar refractivity (Wildman–Crippen MR) is 97.6 cm³/mol. The van der Waals surface area contributed by atoms with Crippen LogP contribution >= 0.6 is 11.3 Å². The van der Waals surface area contributed by atoms with Crippen molar-refractivity contribution >= 4 is 35.0 Å². The maximum Gasteiger partial charge on any atom is 0.305 e. The number of fused-ring (bicyclic) bond motifs is 1. The lowest BCUT2D eigenvalue weighted by Gasteiger charge is -2.14. The van der Waals surface area contributed by atoms with Crippen molar-refractivity contribution in [2.75, 3.05) is 6.54 Å². The number of hydrogen-bond acceptors (Lipinski definition) is 5. The summed E-state index contributed by atoms with van der Waals surface area (Å²) < 4.78 is 1.68. The summed E-state index contributed by atoms with van der Waals surface area (Å²) in [6.45, 7) is 0.439. The highest BCUT2D eigenvalue weighted by molar-refractivity contribution is 7.11. The highest BCUT2D eigenvalue weighted by Crippen LogP contribution is 2.24. The van der Waals surface area contributed by atoms with Crippen LogP contribution < -0.4 is 10.5 Å². The van der Waals surface area contributed by atoms with E-state index in [2.05, 4.69) is 4.99 Å². The fourth-order valence-electron chi connectivity index (χ4n) is 2.68. The maximum absolute atomic E-state index is 12.4. The van der Waals surface area contributed by atoms with Crippen LogP contribution in [-0.2, 0) is 18.4 Å². The summed E-state index contributed by atoms with van der Waals surface area (Å²) in [4.78, 5) is 41.9. The van der Waals surface area contributed by atoms with Gasteiger partial charge in [-0.1, -0.05) is 23.5 Å². The highest BCUT2D eigenvalue weighted by Gasteiger charge is 2.32. The molecule has 2 amide bonds. The van der Waals surface area contributed by atoms with Crippen LogP contribution in [-0.4, -0.2) is 44.7 Å². The summed E-state index contributed by atoms with van der Waals surface area (Å²) in [5.74, 6) is -1.75. The van der Waals surface area contributed by atoms with Crippen molar-refractivity contribution in [1.82, 2.24) is 9.47 Å². The number of benzene rings is 1. The average molecular weight is 387 g/mol. The lowest BCUT2D eigenvalue weighted by Crippen LogP contribution is -2.28. The number of carboxylic acids is 1. The minimum Gasteiger partial charge on any atom is -0.481 e. The monoisotopic (exact) mass is 387 g/mol. The molecule has 27 heavy (non-hydrogen) atoms. The molecule has 0 unspecified atom stereocenters. The van der Waals surface area contributed by atoms with Crippen LogP contribution in [0, 0.1) is 5.41 Å². The van der Waals surface area contributed by atoms with Gasteiger partial charge in [0.1, 0.15) is 10.7 Å². The van der Waals surface area contributed by atoms with Gasteiger partial charge in [-0.15, -0.1) is 0 Å². The summed E-state index contributed by atoms with van der Waals surface area (Å²) in [6.07, 6.45) is -0.115. The molecule has 10 heteroatoms. The number of aliphatic carboxylic acids is 1. The van der Waals surface area contributed by atoms with Gasteiger partial charge >= 0.3 is 5.97 Å². The molecule has 1 aromatic carbocycles. The molecule has 1 aromatic heterocycles. The summed E-state index contributed by atoms with van der Waals surface area (Å²) in [5, 5.41) is 16.1. The van der Waals surface area contributed by atoms with E-state index in [1.54, 1.807) is 35.9 Å². The van der Waals surface area contributed by atoms with E-state index in [0.29, 0.717) is 33.0 Å². The third kappa shape index (κ3) is 3.65. The van der Waals surface area contributed by atoms with Crippen LogP contribution in [0.2, 0.25) is 0 Å². The van der Waals surface area contributed by atoms with Crippen LogP contribution in [0.1, 0.15) is 37.7 Å². The van der Waals surface area contributed by atoms with E-state index in [1.165, 1.54) is 4.90 Å². The highest BCUT2D eigenvalue weighted by atomic mass is 32.1. The number of carbonyl (C=O) groups is 3. The number of nitrogens with zero attached hydrogens (tertiary/aromatic N) is 3. The predicted octanol–water partition coefficient (Wildman–Crippen LogP) is 0.542. The SMILES string of the molecule is Cn1c2c(sc1=NC(=O)c1ccc(C(=N)N)cc1)C(=O)N(CCC(=O)O)C2. The van der Waals surface area contributed by atoms with Crippen molar-refractivity contribution in [3.8, 4) is 0 Å². The Bertz CT molecular complexity index is 1020. The van der Waals surface area contributed by atoms with E-state index >= 15 is 0 Å². The summed E-state index contributed by atoms with van der Waals surface area (Å²) in [5.41, 5.74) is 6.97. The number of nitrogens with two attached hydrogens (primary N) is 1. The Morgan fingerprint density at radius 3 is 2.48 bits per heavy atom. The van der Waals surface area contributed by atoms with Crippen LogP contribution in [0.25, 0.3) is 0 Å². The van der Waals surface area contributed by atoms with Gasteiger partial charge in [0, 0.05) is 24.7 Å². The molecule has 0 saturated heterocycles. The zero-order valence-corrected chi connectivity index (χ0v) is 15.2. The molecule has 140 valence electrons. The van der Waals surface area contributed by atoms with Gasteiger partial charge in [0.15, 0.2) is 4.80 Å². The molecular weight excluding hydrogens is 370 g/mol. The Hall–Kier alpha value is -3.27. The van der Waals surface area contributed by atoms with E-state index in [9.17, 15) is 14.4 Å². The van der Waals surface area contributed by atoms with E-state index < -0.39 is 11.9 Å². The zero-order valence-electron chi connectivity index (χ0n) is 14.4. The van der Waals surface area contributed by atoms with Gasteiger partial charge in [-0.2, -0.15) is 4.99 Å². The first-order valence-electron chi connectivity index (χ1n) is 8.01. The molecule has 0 saturated carbocycles. The number of amides is 2. The molecule has 2 heterocycles. The fourth-order valence-corrected chi connectivity index (χ4v) is 3.77. The van der Waals surface area contributed by atoms with Gasteiger partial charge in [0.2, 0.25) is 0 Å². The summed E-state index contributed by atoms with van der Waals surface area (Å²) in [6, 6.07) is 6.23. The quantitative estimate of drug-likeness (QED) is 0.507. The minimum atomic E-state index is -0.959. The lowest BCUT2D eigenvalue weighted by atomic mass is 10.1. The molecule has 1 aliphatic rings. The van der Waals surface area contributed by atoms with Crippen molar-refractivity contribution in [2.24, 2.45) is 17.8 Å². The number of carboxylic acid groups (broad SMARTS) is 1. The van der Waals surface area contributed by atoms with Crippen LogP contribution in [0.4, 0.5) is 0 Å². The molecular formula is C17H17N5O4S. The van der Waals surface area contributed by atoms with Crippen molar-refractivity contribution in [1.29, 1.82) is 5.41 Å². The largest absolute Gasteiger partial charge is 0.481 e. The van der Waals surface area contributed by atoms with Crippen molar-refractivity contribution in [3.05, 3.63) is 50.8 Å². The van der Waals surface area contributed by atoms with Crippen LogP contribution in [0.3, 0.4) is 0 Å². The van der Waals surface area contributed by atoms with Gasteiger partial charge in [-0.05, 0) is 12.1 Å². The maximum atomic E-state index is 12.4. The second kappa shape index (κ2) is 7.16. The van der Waals surface area contributed by atoms with Gasteiger partial charge in [-0.25, -0.2) is 0 Å². The number of carbonyl (C=O) groups excluding carboxylic acids is 2. The number of amidine groups is 1. The minimum absolute atomic E-state index is 0.0852. The molecule has 4 N–H and O–H groups in total. The summed E-state index contributed by atoms with van der Waals surface area (Å²) in [7, 11) is 1.72. The average Bonchev–Trinajstić information content (AvgIpc) is 3.10. The smallest absolute Gasteiger partial charge is 0.305 e. The van der Waals surface area contributed by atoms with Gasteiger partial charge in [0.25, 0.3) is 11.8 Å². The first-order valence-corrected chi connectivity index (χ1v) is 8.83. The normalized spacial score (nSPS) is 13.7. The molecule has 2 aromatic rings. The first kappa shape index (κ1) is 18.5. The molecule has 0 bridgehead atoms. The van der Waals surface area contributed by atoms with Crippen molar-refractivity contribution < 1.29 is 19.5 Å². The number of rotatable bonds is 5. The Balaban J connectivity index is 1.84. The number of aromatic nitrogens is 1. The molecule has 0 radical (unpaired) electrons. The zero-order chi connectivity index (χ0) is 19.7. The molecule has 0 fully saturated rings. The Morgan fingerprint density at radius 1 is 1.30 bits per heavy atom. The van der Waals surface area contributed by atoms with Gasteiger partial charge < -0.3 is 20.3 Å². The van der Waals surface area contributed by atoms with E-state index in [1.807, 2.05) is 0 Å². The second-order valence-corrected chi connectivity index (χ2v) is 6.98. The van der Waals surface area contributed by atoms with Crippen LogP contribution in [0.15, 0.2) is 29.3 Å². The molecule has 9 nitrogen and oxygen atoms in total. The number of hydrogen-bond donors (Lipinski definition) is 3. The van der Waals surface area contributed by atoms with Crippen LogP contribution in [0.5, 0.6) is 0 Å². The van der Waals surface area contributed by atoms with Gasteiger partial charge in [-0.3, -0.25) is 19.8 Å². The number of thiazole rings is 1. The van der Waals surface area contributed by atoms with E-state index in [0.717, 1.165) is 11.3 Å². The third-order valence-electron chi connectivity index (χ3n) is 4.20. The van der Waals surface area contributed by atoms with E-state index in [-0.39, 0.29) is 24.7 Å². The molecule has 0 atom stereocenters. The van der Waals surface area contributed by atoms with E-state index in [4.69, 9.17) is 16.2 Å². The summed E-state index contributed by atoms with van der Waals surface area (Å²) >= 11 is 1.11. The molecule has 3 rings (SSSR count). The molecule has 1 aliphatic heterocycles. The Labute approximate surface area is 157 Å². The number of nitrogens with one attached hydrogen (secondary N) is 1. The fraction of sp³-hybridized carbons (Fsp3) is 0.235. The van der Waals surface area contributed by atoms with Gasteiger partial charge in [0.05, 0.1) is 18.7 Å². The van der Waals surface area contributed by atoms with Crippen molar-refractivity contribution in [2.45, 2.75) is 13.0 Å². The van der Waals surface area contributed by atoms with Crippen molar-refractivity contribution in [3.63, 3.8) is 0 Å². The number of nitrogen functional groups attached to an aromatic ring is 1. The molecule has 0 spiro atoms. The third-order valence-corrected chi connectivity index (χ3v) is 5.37.